The molecule has 0 radical (unpaired) electrons. The normalized spacial score (nSPS) is 16.6. The Labute approximate surface area is 170 Å². The lowest BCUT2D eigenvalue weighted by atomic mass is 10.2. The lowest BCUT2D eigenvalue weighted by Gasteiger charge is -2.15. The number of ether oxygens (including phenoxy) is 1. The highest BCUT2D eigenvalue weighted by Crippen LogP contribution is 2.35. The van der Waals surface area contributed by atoms with Crippen LogP contribution in [0.1, 0.15) is 17.3 Å². The van der Waals surface area contributed by atoms with E-state index in [9.17, 15) is 14.4 Å². The zero-order chi connectivity index (χ0) is 20.1. The second kappa shape index (κ2) is 8.86. The van der Waals surface area contributed by atoms with Crippen LogP contribution in [0, 0.1) is 0 Å². The van der Waals surface area contributed by atoms with Crippen LogP contribution in [0.25, 0.3) is 0 Å². The molecule has 1 aliphatic rings. The summed E-state index contributed by atoms with van der Waals surface area (Å²) >= 11 is 7.00. The molecule has 8 heteroatoms. The van der Waals surface area contributed by atoms with Crippen LogP contribution in [-0.2, 0) is 14.3 Å². The fraction of sp³-hybridized carbons (Fsp3) is 0.100. The topological polar surface area (TPSA) is 76.0 Å². The summed E-state index contributed by atoms with van der Waals surface area (Å²) in [7, 11) is 0. The Kier molecular flexibility index (Phi) is 6.28. The molecule has 0 spiro atoms. The summed E-state index contributed by atoms with van der Waals surface area (Å²) in [6, 6.07) is 15.3. The van der Waals surface area contributed by atoms with Crippen LogP contribution in [0.15, 0.2) is 70.6 Å². The summed E-state index contributed by atoms with van der Waals surface area (Å²) in [4.78, 5) is 42.7. The van der Waals surface area contributed by atoms with Gasteiger partial charge in [-0.3, -0.25) is 14.5 Å². The lowest BCUT2D eigenvalue weighted by molar-refractivity contribution is -0.137. The second-order valence-corrected chi connectivity index (χ2v) is 6.93. The number of halogens is 1. The number of esters is 1. The molecule has 0 bridgehead atoms. The van der Waals surface area contributed by atoms with Gasteiger partial charge in [0, 0.05) is 6.08 Å². The smallest absolute Gasteiger partial charge is 0.332 e. The fourth-order valence-electron chi connectivity index (χ4n) is 2.43. The Balaban J connectivity index is 2.01. The number of carbonyl (C=O) groups is 3. The van der Waals surface area contributed by atoms with Crippen molar-refractivity contribution in [3.05, 3.63) is 76.2 Å². The number of carbonyl (C=O) groups excluding carboxylic acids is 3. The Hall–Kier alpha value is -2.90. The van der Waals surface area contributed by atoms with Crippen LogP contribution in [-0.4, -0.2) is 29.6 Å². The minimum atomic E-state index is -0.634. The summed E-state index contributed by atoms with van der Waals surface area (Å²) in [5.74, 6) is -1.68. The number of rotatable bonds is 4. The molecule has 1 fully saturated rings. The predicted octanol–water partition coefficient (Wildman–Crippen LogP) is 4.06. The van der Waals surface area contributed by atoms with Crippen LogP contribution in [0.3, 0.4) is 0 Å². The first-order valence-electron chi connectivity index (χ1n) is 8.34. The standard InChI is InChI=1S/C20H15ClN2O4S/c1-2-27-17(24)12-16-19(26)23(13-8-4-3-5-9-13)20(28-16)22-18(25)14-10-6-7-11-15(14)21/h3-12H,2H2,1H3. The summed E-state index contributed by atoms with van der Waals surface area (Å²) < 4.78 is 4.87. The quantitative estimate of drug-likeness (QED) is 0.557. The number of aliphatic imine (C=N–C) groups is 1. The lowest BCUT2D eigenvalue weighted by Crippen LogP contribution is -2.29. The maximum atomic E-state index is 12.9. The van der Waals surface area contributed by atoms with E-state index in [4.69, 9.17) is 16.3 Å². The highest BCUT2D eigenvalue weighted by molar-refractivity contribution is 8.19. The van der Waals surface area contributed by atoms with Crippen molar-refractivity contribution in [2.24, 2.45) is 4.99 Å². The first kappa shape index (κ1) is 19.9. The Morgan fingerprint density at radius 2 is 1.82 bits per heavy atom. The zero-order valence-electron chi connectivity index (χ0n) is 14.8. The number of anilines is 1. The summed E-state index contributed by atoms with van der Waals surface area (Å²) in [5.41, 5.74) is 0.749. The van der Waals surface area contributed by atoms with E-state index < -0.39 is 17.8 Å². The number of hydrogen-bond donors (Lipinski definition) is 0. The molecule has 2 amide bonds. The minimum Gasteiger partial charge on any atom is -0.463 e. The minimum absolute atomic E-state index is 0.119. The molecule has 0 saturated carbocycles. The molecule has 0 aromatic heterocycles. The van der Waals surface area contributed by atoms with Gasteiger partial charge in [-0.2, -0.15) is 4.99 Å². The van der Waals surface area contributed by atoms with Gasteiger partial charge in [0.05, 0.1) is 27.8 Å². The van der Waals surface area contributed by atoms with Gasteiger partial charge in [-0.25, -0.2) is 4.79 Å². The molecular weight excluding hydrogens is 400 g/mol. The number of amidine groups is 1. The third-order valence-corrected chi connectivity index (χ3v) is 4.96. The van der Waals surface area contributed by atoms with E-state index in [0.29, 0.717) is 5.69 Å². The Morgan fingerprint density at radius 1 is 1.14 bits per heavy atom. The van der Waals surface area contributed by atoms with Gasteiger partial charge < -0.3 is 4.74 Å². The van der Waals surface area contributed by atoms with E-state index >= 15 is 0 Å². The first-order chi connectivity index (χ1) is 13.5. The number of thioether (sulfide) groups is 1. The molecule has 6 nitrogen and oxygen atoms in total. The van der Waals surface area contributed by atoms with Crippen molar-refractivity contribution >= 4 is 52.0 Å². The molecule has 2 aromatic rings. The molecule has 3 rings (SSSR count). The summed E-state index contributed by atoms with van der Waals surface area (Å²) in [5, 5.41) is 0.399. The average Bonchev–Trinajstić information content (AvgIpc) is 2.97. The molecule has 28 heavy (non-hydrogen) atoms. The average molecular weight is 415 g/mol. The third kappa shape index (κ3) is 4.32. The maximum Gasteiger partial charge on any atom is 0.332 e. The fourth-order valence-corrected chi connectivity index (χ4v) is 3.58. The van der Waals surface area contributed by atoms with Crippen molar-refractivity contribution in [2.45, 2.75) is 6.92 Å². The Morgan fingerprint density at radius 3 is 2.50 bits per heavy atom. The van der Waals surface area contributed by atoms with Gasteiger partial charge in [0.15, 0.2) is 5.17 Å². The van der Waals surface area contributed by atoms with Crippen LogP contribution in [0.2, 0.25) is 5.02 Å². The molecular formula is C20H15ClN2O4S. The van der Waals surface area contributed by atoms with E-state index in [-0.39, 0.29) is 27.3 Å². The van der Waals surface area contributed by atoms with Crippen molar-refractivity contribution < 1.29 is 19.1 Å². The second-order valence-electron chi connectivity index (χ2n) is 5.52. The zero-order valence-corrected chi connectivity index (χ0v) is 16.4. The number of benzene rings is 2. The highest BCUT2D eigenvalue weighted by atomic mass is 35.5. The van der Waals surface area contributed by atoms with Gasteiger partial charge in [-0.1, -0.05) is 41.9 Å². The predicted molar refractivity (Wildman–Crippen MR) is 109 cm³/mol. The van der Waals surface area contributed by atoms with E-state index in [1.165, 1.54) is 4.90 Å². The van der Waals surface area contributed by atoms with Crippen molar-refractivity contribution in [3.8, 4) is 0 Å². The van der Waals surface area contributed by atoms with Crippen LogP contribution in [0.4, 0.5) is 5.69 Å². The third-order valence-electron chi connectivity index (χ3n) is 3.66. The largest absolute Gasteiger partial charge is 0.463 e. The molecule has 2 aromatic carbocycles. The van der Waals surface area contributed by atoms with E-state index in [0.717, 1.165) is 17.8 Å². The highest BCUT2D eigenvalue weighted by Gasteiger charge is 2.36. The summed E-state index contributed by atoms with van der Waals surface area (Å²) in [6.45, 7) is 1.86. The number of nitrogens with zero attached hydrogens (tertiary/aromatic N) is 2. The monoisotopic (exact) mass is 414 g/mol. The molecule has 142 valence electrons. The van der Waals surface area contributed by atoms with Crippen LogP contribution < -0.4 is 4.90 Å². The molecule has 0 atom stereocenters. The first-order valence-corrected chi connectivity index (χ1v) is 9.54. The molecule has 1 heterocycles. The van der Waals surface area contributed by atoms with Gasteiger partial charge in [0.25, 0.3) is 11.8 Å². The van der Waals surface area contributed by atoms with Gasteiger partial charge in [-0.15, -0.1) is 0 Å². The Bertz CT molecular complexity index is 989. The van der Waals surface area contributed by atoms with Crippen molar-refractivity contribution in [1.82, 2.24) is 0 Å². The molecule has 0 N–H and O–H groups in total. The maximum absolute atomic E-state index is 12.9. The molecule has 0 aliphatic carbocycles. The molecule has 1 saturated heterocycles. The van der Waals surface area contributed by atoms with Gasteiger partial charge >= 0.3 is 5.97 Å². The van der Waals surface area contributed by atoms with Gasteiger partial charge in [-0.05, 0) is 43.0 Å². The van der Waals surface area contributed by atoms with E-state index in [2.05, 4.69) is 4.99 Å². The number of amides is 2. The van der Waals surface area contributed by atoms with Crippen LogP contribution in [0.5, 0.6) is 0 Å². The molecule has 1 aliphatic heterocycles. The molecule has 0 unspecified atom stereocenters. The van der Waals surface area contributed by atoms with E-state index in [1.807, 2.05) is 0 Å². The van der Waals surface area contributed by atoms with Crippen molar-refractivity contribution in [1.29, 1.82) is 0 Å². The number of hydrogen-bond acceptors (Lipinski definition) is 5. The van der Waals surface area contributed by atoms with Crippen molar-refractivity contribution in [3.63, 3.8) is 0 Å². The van der Waals surface area contributed by atoms with Gasteiger partial charge in [0.2, 0.25) is 0 Å². The van der Waals surface area contributed by atoms with Crippen molar-refractivity contribution in [2.75, 3.05) is 11.5 Å². The van der Waals surface area contributed by atoms with Crippen LogP contribution >= 0.6 is 23.4 Å². The van der Waals surface area contributed by atoms with Gasteiger partial charge in [0.1, 0.15) is 0 Å². The number of para-hydroxylation sites is 1. The van der Waals surface area contributed by atoms with E-state index in [1.54, 1.807) is 61.5 Å². The SMILES string of the molecule is CCOC(=O)C=C1SC(=NC(=O)c2ccccc2Cl)N(c2ccccc2)C1=O. The summed E-state index contributed by atoms with van der Waals surface area (Å²) in [6.07, 6.45) is 1.11.